The Labute approximate surface area is 106 Å². The number of nitrogens with two attached hydrogens (primary N) is 1. The molecule has 8 heteroatoms. The Morgan fingerprint density at radius 1 is 1.47 bits per heavy atom. The van der Waals surface area contributed by atoms with Crippen LogP contribution in [0.3, 0.4) is 0 Å². The van der Waals surface area contributed by atoms with Gasteiger partial charge in [0, 0.05) is 0 Å². The van der Waals surface area contributed by atoms with E-state index in [-0.39, 0.29) is 10.8 Å². The van der Waals surface area contributed by atoms with Gasteiger partial charge in [0.15, 0.2) is 0 Å². The van der Waals surface area contributed by atoms with Gasteiger partial charge in [-0.2, -0.15) is 13.2 Å². The lowest BCUT2D eigenvalue weighted by atomic mass is 9.95. The number of nitrogens with one attached hydrogen (secondary N) is 1. The summed E-state index contributed by atoms with van der Waals surface area (Å²) in [5, 5.41) is 11.4. The number of allylic oxidation sites excluding steroid dienone is 1. The minimum Gasteiger partial charge on any atom is -0.510 e. The molecule has 0 aromatic heterocycles. The maximum absolute atomic E-state index is 12.1. The molecule has 0 bridgehead atoms. The molecule has 0 aromatic carbocycles. The third kappa shape index (κ3) is 3.51. The zero-order chi connectivity index (χ0) is 13.5. The van der Waals surface area contributed by atoms with Crippen LogP contribution in [-0.4, -0.2) is 28.4 Å². The Morgan fingerprint density at radius 3 is 2.47 bits per heavy atom. The van der Waals surface area contributed by atoms with Crippen molar-refractivity contribution in [2.45, 2.75) is 23.6 Å². The Kier molecular flexibility index (Phi) is 3.74. The SMILES string of the molecule is CC1(Cl)C=C(Cl)C(N)(NCC(F)(F)F)C=C1O. The molecule has 4 N–H and O–H groups in total. The van der Waals surface area contributed by atoms with E-state index in [1.807, 2.05) is 5.32 Å². The maximum atomic E-state index is 12.1. The lowest BCUT2D eigenvalue weighted by molar-refractivity contribution is -0.127. The molecule has 0 aromatic rings. The number of rotatable bonds is 2. The van der Waals surface area contributed by atoms with Crippen molar-refractivity contribution in [3.63, 3.8) is 0 Å². The second kappa shape index (κ2) is 4.35. The van der Waals surface area contributed by atoms with Crippen molar-refractivity contribution in [3.05, 3.63) is 22.9 Å². The lowest BCUT2D eigenvalue weighted by Crippen LogP contribution is -2.57. The van der Waals surface area contributed by atoms with Crippen molar-refractivity contribution in [2.75, 3.05) is 6.54 Å². The summed E-state index contributed by atoms with van der Waals surface area (Å²) >= 11 is 11.6. The number of aliphatic hydroxyl groups is 1. The predicted molar refractivity (Wildman–Crippen MR) is 59.9 cm³/mol. The zero-order valence-corrected chi connectivity index (χ0v) is 10.3. The molecule has 0 heterocycles. The van der Waals surface area contributed by atoms with E-state index in [4.69, 9.17) is 28.9 Å². The van der Waals surface area contributed by atoms with Crippen molar-refractivity contribution < 1.29 is 18.3 Å². The second-order valence-corrected chi connectivity index (χ2v) is 5.13. The highest BCUT2D eigenvalue weighted by atomic mass is 35.5. The summed E-state index contributed by atoms with van der Waals surface area (Å²) in [4.78, 5) is -1.26. The minimum absolute atomic E-state index is 0.114. The van der Waals surface area contributed by atoms with Gasteiger partial charge in [-0.05, 0) is 19.1 Å². The van der Waals surface area contributed by atoms with Crippen LogP contribution in [0, 0.1) is 0 Å². The van der Waals surface area contributed by atoms with Crippen molar-refractivity contribution in [3.8, 4) is 0 Å². The summed E-state index contributed by atoms with van der Waals surface area (Å²) in [6, 6.07) is 0. The second-order valence-electron chi connectivity index (χ2n) is 3.94. The van der Waals surface area contributed by atoms with E-state index in [1.165, 1.54) is 13.0 Å². The van der Waals surface area contributed by atoms with E-state index < -0.39 is 23.3 Å². The third-order valence-corrected chi connectivity index (χ3v) is 2.96. The quantitative estimate of drug-likeness (QED) is 0.541. The van der Waals surface area contributed by atoms with Crippen molar-refractivity contribution in [2.24, 2.45) is 5.73 Å². The molecule has 0 saturated heterocycles. The van der Waals surface area contributed by atoms with Gasteiger partial charge in [0.1, 0.15) is 16.3 Å². The monoisotopic (exact) mass is 290 g/mol. The van der Waals surface area contributed by atoms with Gasteiger partial charge in [-0.25, -0.2) is 0 Å². The Morgan fingerprint density at radius 2 is 2.00 bits per heavy atom. The average molecular weight is 291 g/mol. The number of aliphatic hydroxyl groups excluding tert-OH is 1. The average Bonchev–Trinajstić information content (AvgIpc) is 2.11. The van der Waals surface area contributed by atoms with E-state index in [9.17, 15) is 18.3 Å². The van der Waals surface area contributed by atoms with E-state index >= 15 is 0 Å². The van der Waals surface area contributed by atoms with Crippen LogP contribution in [0.1, 0.15) is 6.92 Å². The van der Waals surface area contributed by atoms with Crippen LogP contribution in [0.25, 0.3) is 0 Å². The summed E-state index contributed by atoms with van der Waals surface area (Å²) in [5.74, 6) is -0.360. The molecule has 1 aliphatic carbocycles. The van der Waals surface area contributed by atoms with Gasteiger partial charge in [0.05, 0.1) is 11.6 Å². The van der Waals surface area contributed by atoms with Gasteiger partial charge in [0.2, 0.25) is 0 Å². The summed E-state index contributed by atoms with van der Waals surface area (Å²) in [5.41, 5.74) is 3.85. The molecule has 2 atom stereocenters. The number of alkyl halides is 4. The molecule has 17 heavy (non-hydrogen) atoms. The number of halogens is 5. The minimum atomic E-state index is -4.44. The van der Waals surface area contributed by atoms with E-state index in [0.29, 0.717) is 0 Å². The normalized spacial score (nSPS) is 34.3. The largest absolute Gasteiger partial charge is 0.510 e. The van der Waals surface area contributed by atoms with Crippen LogP contribution in [0.15, 0.2) is 22.9 Å². The molecule has 0 fully saturated rings. The summed E-state index contributed by atoms with van der Waals surface area (Å²) in [7, 11) is 0. The molecule has 0 spiro atoms. The zero-order valence-electron chi connectivity index (χ0n) is 8.78. The smallest absolute Gasteiger partial charge is 0.401 e. The Hall–Kier alpha value is -0.430. The molecule has 0 radical (unpaired) electrons. The third-order valence-electron chi connectivity index (χ3n) is 2.24. The van der Waals surface area contributed by atoms with Gasteiger partial charge in [0.25, 0.3) is 0 Å². The first-order valence-corrected chi connectivity index (χ1v) is 5.32. The molecule has 3 nitrogen and oxygen atoms in total. The standard InChI is InChI=1S/C9H11Cl2F3N2O/c1-7(11)2-5(10)8(15,3-6(7)17)16-4-9(12,13)14/h2-3,16-17H,4,15H2,1H3. The van der Waals surface area contributed by atoms with Gasteiger partial charge in [-0.15, -0.1) is 11.6 Å². The Balaban J connectivity index is 2.91. The highest BCUT2D eigenvalue weighted by Crippen LogP contribution is 2.36. The molecular formula is C9H11Cl2F3N2O. The molecule has 1 aliphatic rings. The molecule has 0 saturated carbocycles. The lowest BCUT2D eigenvalue weighted by Gasteiger charge is -2.34. The van der Waals surface area contributed by atoms with Crippen LogP contribution in [-0.2, 0) is 0 Å². The maximum Gasteiger partial charge on any atom is 0.401 e. The summed E-state index contributed by atoms with van der Waals surface area (Å²) < 4.78 is 36.2. The van der Waals surface area contributed by atoms with E-state index in [0.717, 1.165) is 6.08 Å². The molecule has 0 amide bonds. The molecular weight excluding hydrogens is 280 g/mol. The van der Waals surface area contributed by atoms with E-state index in [2.05, 4.69) is 0 Å². The Bertz CT molecular complexity index is 379. The van der Waals surface area contributed by atoms with Crippen LogP contribution in [0.4, 0.5) is 13.2 Å². The number of hydrogen-bond acceptors (Lipinski definition) is 3. The molecule has 98 valence electrons. The van der Waals surface area contributed by atoms with Crippen LogP contribution in [0.2, 0.25) is 0 Å². The van der Waals surface area contributed by atoms with Crippen LogP contribution < -0.4 is 11.1 Å². The highest BCUT2D eigenvalue weighted by molar-refractivity contribution is 6.33. The highest BCUT2D eigenvalue weighted by Gasteiger charge is 2.40. The van der Waals surface area contributed by atoms with Crippen molar-refractivity contribution in [1.82, 2.24) is 5.32 Å². The van der Waals surface area contributed by atoms with Gasteiger partial charge in [-0.3, -0.25) is 5.32 Å². The van der Waals surface area contributed by atoms with Crippen molar-refractivity contribution in [1.29, 1.82) is 0 Å². The topological polar surface area (TPSA) is 58.3 Å². The molecule has 0 aliphatic heterocycles. The van der Waals surface area contributed by atoms with Crippen LogP contribution in [0.5, 0.6) is 0 Å². The van der Waals surface area contributed by atoms with Crippen molar-refractivity contribution >= 4 is 23.2 Å². The fraction of sp³-hybridized carbons (Fsp3) is 0.556. The van der Waals surface area contributed by atoms with Gasteiger partial charge in [-0.1, -0.05) is 11.6 Å². The first-order valence-electron chi connectivity index (χ1n) is 4.57. The van der Waals surface area contributed by atoms with Gasteiger partial charge >= 0.3 is 6.18 Å². The van der Waals surface area contributed by atoms with E-state index in [1.54, 1.807) is 0 Å². The van der Waals surface area contributed by atoms with Crippen LogP contribution >= 0.6 is 23.2 Å². The number of hydrogen-bond donors (Lipinski definition) is 3. The summed E-state index contributed by atoms with van der Waals surface area (Å²) in [6.07, 6.45) is -2.28. The predicted octanol–water partition coefficient (Wildman–Crippen LogP) is 2.37. The molecule has 1 rings (SSSR count). The summed E-state index contributed by atoms with van der Waals surface area (Å²) in [6.45, 7) is 0.0996. The fourth-order valence-electron chi connectivity index (χ4n) is 1.24. The first-order chi connectivity index (χ1) is 7.46. The first kappa shape index (κ1) is 14.6. The van der Waals surface area contributed by atoms with Gasteiger partial charge < -0.3 is 10.8 Å². The fourth-order valence-corrected chi connectivity index (χ4v) is 1.80. The molecule has 2 unspecified atom stereocenters.